The molecule has 32 heavy (non-hydrogen) atoms. The Balaban J connectivity index is 1.50. The van der Waals surface area contributed by atoms with Gasteiger partial charge in [0.1, 0.15) is 6.04 Å². The first kappa shape index (κ1) is 24.0. The van der Waals surface area contributed by atoms with Crippen LogP contribution in [0.1, 0.15) is 51.5 Å². The fourth-order valence-electron chi connectivity index (χ4n) is 4.60. The number of piperidine rings is 1. The van der Waals surface area contributed by atoms with Crippen LogP contribution in [0.5, 0.6) is 0 Å². The minimum atomic E-state index is -0.501. The number of primary amides is 1. The Morgan fingerprint density at radius 3 is 2.62 bits per heavy atom. The first-order valence-corrected chi connectivity index (χ1v) is 11.9. The first-order chi connectivity index (χ1) is 15.4. The van der Waals surface area contributed by atoms with Gasteiger partial charge in [-0.2, -0.15) is 0 Å². The van der Waals surface area contributed by atoms with Crippen molar-refractivity contribution in [3.05, 3.63) is 29.8 Å². The number of rotatable bonds is 8. The first-order valence-electron chi connectivity index (χ1n) is 11.9. The molecule has 0 aliphatic carbocycles. The molecular weight excluding hydrogens is 406 g/mol. The van der Waals surface area contributed by atoms with Gasteiger partial charge < -0.3 is 26.2 Å². The van der Waals surface area contributed by atoms with Crippen LogP contribution in [0.2, 0.25) is 0 Å². The van der Waals surface area contributed by atoms with E-state index >= 15 is 0 Å². The van der Waals surface area contributed by atoms with Gasteiger partial charge in [0, 0.05) is 18.2 Å². The largest absolute Gasteiger partial charge is 0.369 e. The molecule has 8 nitrogen and oxygen atoms in total. The van der Waals surface area contributed by atoms with Gasteiger partial charge in [-0.3, -0.25) is 9.59 Å². The SMILES string of the molecule is CC[C@H](C)[C@H]1C(=O)Nc2ccccc2CN1C(=O)NCCCCN1CCC(C(N)=O)CC1. The lowest BCUT2D eigenvalue weighted by molar-refractivity contribution is -0.123. The van der Waals surface area contributed by atoms with Crippen molar-refractivity contribution in [2.75, 3.05) is 31.5 Å². The summed E-state index contributed by atoms with van der Waals surface area (Å²) in [5.41, 5.74) is 7.12. The van der Waals surface area contributed by atoms with Gasteiger partial charge in [-0.25, -0.2) is 4.79 Å². The summed E-state index contributed by atoms with van der Waals surface area (Å²) in [6.45, 7) is 7.79. The molecule has 4 amide bonds. The van der Waals surface area contributed by atoms with Crippen LogP contribution in [0.3, 0.4) is 0 Å². The van der Waals surface area contributed by atoms with E-state index in [4.69, 9.17) is 5.73 Å². The summed E-state index contributed by atoms with van der Waals surface area (Å²) in [5.74, 6) is -0.245. The van der Waals surface area contributed by atoms with Gasteiger partial charge >= 0.3 is 6.03 Å². The molecule has 1 fully saturated rings. The Morgan fingerprint density at radius 2 is 1.94 bits per heavy atom. The normalized spacial score (nSPS) is 20.8. The van der Waals surface area contributed by atoms with Gasteiger partial charge in [-0.1, -0.05) is 38.5 Å². The van der Waals surface area contributed by atoms with Crippen LogP contribution >= 0.6 is 0 Å². The highest BCUT2D eigenvalue weighted by molar-refractivity contribution is 5.98. The zero-order valence-corrected chi connectivity index (χ0v) is 19.3. The number of carbonyl (C=O) groups excluding carboxylic acids is 3. The Bertz CT molecular complexity index is 807. The summed E-state index contributed by atoms with van der Waals surface area (Å²) in [6, 6.07) is 6.97. The molecular formula is C24H37N5O3. The molecule has 2 atom stereocenters. The maximum atomic E-state index is 13.1. The van der Waals surface area contributed by atoms with Crippen molar-refractivity contribution in [3.63, 3.8) is 0 Å². The van der Waals surface area contributed by atoms with Crippen molar-refractivity contribution >= 4 is 23.5 Å². The predicted molar refractivity (Wildman–Crippen MR) is 125 cm³/mol. The number of benzene rings is 1. The van der Waals surface area contributed by atoms with Crippen LogP contribution in [0.25, 0.3) is 0 Å². The van der Waals surface area contributed by atoms with E-state index < -0.39 is 6.04 Å². The summed E-state index contributed by atoms with van der Waals surface area (Å²) >= 11 is 0. The van der Waals surface area contributed by atoms with E-state index in [1.807, 2.05) is 38.1 Å². The van der Waals surface area contributed by atoms with Crippen molar-refractivity contribution in [1.82, 2.24) is 15.1 Å². The average molecular weight is 444 g/mol. The molecule has 176 valence electrons. The third-order valence-electron chi connectivity index (χ3n) is 6.83. The van der Waals surface area contributed by atoms with Crippen molar-refractivity contribution < 1.29 is 14.4 Å². The third-order valence-corrected chi connectivity index (χ3v) is 6.83. The number of hydrogen-bond donors (Lipinski definition) is 3. The molecule has 0 spiro atoms. The average Bonchev–Trinajstić information content (AvgIpc) is 2.94. The van der Waals surface area contributed by atoms with Crippen LogP contribution in [0.4, 0.5) is 10.5 Å². The number of unbranched alkanes of at least 4 members (excludes halogenated alkanes) is 1. The molecule has 3 rings (SSSR count). The summed E-state index contributed by atoms with van der Waals surface area (Å²) in [4.78, 5) is 41.3. The molecule has 8 heteroatoms. The van der Waals surface area contributed by atoms with Gasteiger partial charge in [-0.05, 0) is 62.9 Å². The Hall–Kier alpha value is -2.61. The number of likely N-dealkylation sites (tertiary alicyclic amines) is 1. The topological polar surface area (TPSA) is 108 Å². The van der Waals surface area contributed by atoms with Crippen LogP contribution < -0.4 is 16.4 Å². The number of nitrogens with two attached hydrogens (primary N) is 1. The maximum Gasteiger partial charge on any atom is 0.318 e. The predicted octanol–water partition coefficient (Wildman–Crippen LogP) is 2.54. The number of nitrogens with one attached hydrogen (secondary N) is 2. The zero-order valence-electron chi connectivity index (χ0n) is 19.3. The molecule has 2 heterocycles. The van der Waals surface area contributed by atoms with Crippen molar-refractivity contribution in [3.8, 4) is 0 Å². The second kappa shape index (κ2) is 11.3. The molecule has 0 radical (unpaired) electrons. The van der Waals surface area contributed by atoms with Crippen molar-refractivity contribution in [1.29, 1.82) is 0 Å². The number of amides is 4. The van der Waals surface area contributed by atoms with E-state index in [9.17, 15) is 14.4 Å². The number of urea groups is 1. The standard InChI is InChI=1S/C24H37N5O3/c1-3-17(2)21-23(31)27-20-9-5-4-8-19(20)16-29(21)24(32)26-12-6-7-13-28-14-10-18(11-15-28)22(25)30/h4-5,8-9,17-18,21H,3,6-7,10-16H2,1-2H3,(H2,25,30)(H,26,32)(H,27,31)/t17-,21-/m0/s1. The van der Waals surface area contributed by atoms with E-state index in [-0.39, 0.29) is 29.7 Å². The monoisotopic (exact) mass is 443 g/mol. The van der Waals surface area contributed by atoms with Gasteiger partial charge in [0.05, 0.1) is 6.54 Å². The van der Waals surface area contributed by atoms with Gasteiger partial charge in [0.2, 0.25) is 11.8 Å². The molecule has 0 aromatic heterocycles. The Kier molecular flexibility index (Phi) is 8.50. The summed E-state index contributed by atoms with van der Waals surface area (Å²) in [6.07, 6.45) is 4.32. The molecule has 1 aromatic rings. The molecule has 2 aliphatic rings. The highest BCUT2D eigenvalue weighted by Crippen LogP contribution is 2.27. The van der Waals surface area contributed by atoms with E-state index in [1.165, 1.54) is 0 Å². The third kappa shape index (κ3) is 6.00. The number of fused-ring (bicyclic) bond motifs is 1. The molecule has 4 N–H and O–H groups in total. The minimum absolute atomic E-state index is 0.0138. The minimum Gasteiger partial charge on any atom is -0.369 e. The molecule has 0 bridgehead atoms. The van der Waals surface area contributed by atoms with Crippen LogP contribution in [0, 0.1) is 11.8 Å². The number of para-hydroxylation sites is 1. The quantitative estimate of drug-likeness (QED) is 0.537. The summed E-state index contributed by atoms with van der Waals surface area (Å²) in [7, 11) is 0. The zero-order chi connectivity index (χ0) is 23.1. The van der Waals surface area contributed by atoms with Crippen LogP contribution in [-0.4, -0.2) is 59.9 Å². The second-order valence-electron chi connectivity index (χ2n) is 9.06. The highest BCUT2D eigenvalue weighted by atomic mass is 16.2. The van der Waals surface area contributed by atoms with E-state index in [0.29, 0.717) is 13.1 Å². The van der Waals surface area contributed by atoms with Crippen molar-refractivity contribution in [2.24, 2.45) is 17.6 Å². The van der Waals surface area contributed by atoms with Gasteiger partial charge in [-0.15, -0.1) is 0 Å². The Labute approximate surface area is 190 Å². The van der Waals surface area contributed by atoms with Crippen LogP contribution in [0.15, 0.2) is 24.3 Å². The highest BCUT2D eigenvalue weighted by Gasteiger charge is 2.36. The molecule has 1 aromatic carbocycles. The molecule has 2 aliphatic heterocycles. The van der Waals surface area contributed by atoms with E-state index in [0.717, 1.165) is 63.0 Å². The Morgan fingerprint density at radius 1 is 1.22 bits per heavy atom. The number of carbonyl (C=O) groups is 3. The fraction of sp³-hybridized carbons (Fsp3) is 0.625. The van der Waals surface area contributed by atoms with E-state index in [1.54, 1.807) is 4.90 Å². The molecule has 1 saturated heterocycles. The smallest absolute Gasteiger partial charge is 0.318 e. The van der Waals surface area contributed by atoms with E-state index in [2.05, 4.69) is 15.5 Å². The lowest BCUT2D eigenvalue weighted by atomic mass is 9.96. The maximum absolute atomic E-state index is 13.1. The van der Waals surface area contributed by atoms with Crippen LogP contribution in [-0.2, 0) is 16.1 Å². The number of nitrogens with zero attached hydrogens (tertiary/aromatic N) is 2. The summed E-state index contributed by atoms with van der Waals surface area (Å²) in [5, 5.41) is 6.03. The fourth-order valence-corrected chi connectivity index (χ4v) is 4.60. The number of anilines is 1. The summed E-state index contributed by atoms with van der Waals surface area (Å²) < 4.78 is 0. The van der Waals surface area contributed by atoms with Crippen molar-refractivity contribution in [2.45, 2.75) is 58.5 Å². The lowest BCUT2D eigenvalue weighted by Crippen LogP contribution is -2.52. The lowest BCUT2D eigenvalue weighted by Gasteiger charge is -2.32. The molecule has 0 saturated carbocycles. The second-order valence-corrected chi connectivity index (χ2v) is 9.06. The molecule has 0 unspecified atom stereocenters. The van der Waals surface area contributed by atoms with Gasteiger partial charge in [0.15, 0.2) is 0 Å². The number of hydrogen-bond acceptors (Lipinski definition) is 4. The van der Waals surface area contributed by atoms with Gasteiger partial charge in [0.25, 0.3) is 0 Å².